The lowest BCUT2D eigenvalue weighted by Crippen LogP contribution is -2.43. The predicted molar refractivity (Wildman–Crippen MR) is 85.9 cm³/mol. The first-order valence-electron chi connectivity index (χ1n) is 8.34. The van der Waals surface area contributed by atoms with Crippen molar-refractivity contribution in [1.29, 1.82) is 0 Å². The van der Waals surface area contributed by atoms with E-state index in [1.165, 1.54) is 44.0 Å². The Hall–Kier alpha value is -0.650. The maximum absolute atomic E-state index is 5.48. The van der Waals surface area contributed by atoms with Gasteiger partial charge in [0.15, 0.2) is 5.13 Å². The predicted octanol–water partition coefficient (Wildman–Crippen LogP) is 2.33. The Balaban J connectivity index is 1.41. The lowest BCUT2D eigenvalue weighted by atomic mass is 9.73. The zero-order valence-corrected chi connectivity index (χ0v) is 13.4. The molecule has 0 radical (unpaired) electrons. The summed E-state index contributed by atoms with van der Waals surface area (Å²) in [5, 5.41) is 3.33. The van der Waals surface area contributed by atoms with E-state index in [1.807, 2.05) is 6.20 Å². The highest BCUT2D eigenvalue weighted by Crippen LogP contribution is 2.42. The fourth-order valence-electron chi connectivity index (χ4n) is 4.46. The van der Waals surface area contributed by atoms with Gasteiger partial charge in [0.2, 0.25) is 0 Å². The van der Waals surface area contributed by atoms with Crippen LogP contribution in [0.5, 0.6) is 0 Å². The molecule has 3 aliphatic rings. The highest BCUT2D eigenvalue weighted by atomic mass is 32.1. The van der Waals surface area contributed by atoms with Crippen LogP contribution >= 0.6 is 11.3 Å². The van der Waals surface area contributed by atoms with Crippen molar-refractivity contribution in [1.82, 2.24) is 9.88 Å². The zero-order valence-electron chi connectivity index (χ0n) is 12.6. The van der Waals surface area contributed by atoms with Gasteiger partial charge in [-0.05, 0) is 30.6 Å². The second kappa shape index (κ2) is 6.23. The fraction of sp³-hybridized carbons (Fsp3) is 0.812. The molecular weight excluding hydrogens is 282 g/mol. The van der Waals surface area contributed by atoms with Crippen LogP contribution in [-0.2, 0) is 4.74 Å². The van der Waals surface area contributed by atoms with Gasteiger partial charge in [0.25, 0.3) is 0 Å². The largest absolute Gasteiger partial charge is 0.379 e. The van der Waals surface area contributed by atoms with Gasteiger partial charge in [0, 0.05) is 44.3 Å². The van der Waals surface area contributed by atoms with Gasteiger partial charge in [-0.3, -0.25) is 4.90 Å². The number of hydrogen-bond acceptors (Lipinski definition) is 5. The second-order valence-electron chi connectivity index (χ2n) is 6.75. The Morgan fingerprint density at radius 1 is 1.24 bits per heavy atom. The average molecular weight is 307 g/mol. The molecule has 0 N–H and O–H groups in total. The summed E-state index contributed by atoms with van der Waals surface area (Å²) in [4.78, 5) is 9.68. The second-order valence-corrected chi connectivity index (χ2v) is 7.62. The number of rotatable bonds is 3. The molecule has 116 valence electrons. The number of nitrogens with zero attached hydrogens (tertiary/aromatic N) is 3. The molecule has 3 fully saturated rings. The van der Waals surface area contributed by atoms with Crippen molar-refractivity contribution in [2.45, 2.75) is 19.3 Å². The van der Waals surface area contributed by atoms with Gasteiger partial charge >= 0.3 is 0 Å². The molecule has 4 rings (SSSR count). The van der Waals surface area contributed by atoms with E-state index in [9.17, 15) is 0 Å². The summed E-state index contributed by atoms with van der Waals surface area (Å²) in [5.41, 5.74) is 0. The Labute approximate surface area is 131 Å². The van der Waals surface area contributed by atoms with E-state index in [-0.39, 0.29) is 0 Å². The monoisotopic (exact) mass is 307 g/mol. The van der Waals surface area contributed by atoms with E-state index in [0.717, 1.165) is 44.1 Å². The molecule has 5 heteroatoms. The van der Waals surface area contributed by atoms with Crippen LogP contribution in [0.4, 0.5) is 5.13 Å². The summed E-state index contributed by atoms with van der Waals surface area (Å²) in [6, 6.07) is 0. The van der Waals surface area contributed by atoms with Crippen molar-refractivity contribution in [2.24, 2.45) is 17.8 Å². The summed E-state index contributed by atoms with van der Waals surface area (Å²) < 4.78 is 5.48. The van der Waals surface area contributed by atoms with E-state index in [4.69, 9.17) is 4.74 Å². The maximum atomic E-state index is 5.48. The molecule has 21 heavy (non-hydrogen) atoms. The minimum absolute atomic E-state index is 0.880. The van der Waals surface area contributed by atoms with Crippen LogP contribution in [0.2, 0.25) is 0 Å². The Kier molecular flexibility index (Phi) is 4.14. The lowest BCUT2D eigenvalue weighted by molar-refractivity contribution is 0.0195. The standard InChI is InChI=1S/C16H25N3OS/c1-2-13(10-18-5-7-20-8-6-18)15-12-19(11-14(15)3-1)16-17-4-9-21-16/h4,9,13-15H,1-3,5-8,10-12H2/t13-,14+,15+/m0/s1. The highest BCUT2D eigenvalue weighted by Gasteiger charge is 2.41. The number of thiazole rings is 1. The molecule has 0 unspecified atom stereocenters. The molecule has 0 spiro atoms. The Morgan fingerprint density at radius 2 is 2.14 bits per heavy atom. The summed E-state index contributed by atoms with van der Waals surface area (Å²) >= 11 is 1.79. The lowest BCUT2D eigenvalue weighted by Gasteiger charge is -2.37. The van der Waals surface area contributed by atoms with Gasteiger partial charge in [-0.2, -0.15) is 0 Å². The van der Waals surface area contributed by atoms with E-state index in [0.29, 0.717) is 0 Å². The molecule has 2 saturated heterocycles. The third kappa shape index (κ3) is 2.96. The SMILES string of the molecule is c1csc(N2C[C@H]3CCC[C@@H](CN4CCOCC4)[C@H]3C2)n1. The molecular formula is C16H25N3OS. The molecule has 0 bridgehead atoms. The molecule has 0 aromatic carbocycles. The first-order chi connectivity index (χ1) is 10.4. The van der Waals surface area contributed by atoms with Gasteiger partial charge in [0.1, 0.15) is 0 Å². The third-order valence-corrected chi connectivity index (χ3v) is 6.37. The summed E-state index contributed by atoms with van der Waals surface area (Å²) in [5.74, 6) is 2.66. The molecule has 1 aliphatic carbocycles. The van der Waals surface area contributed by atoms with Crippen molar-refractivity contribution < 1.29 is 4.74 Å². The molecule has 3 atom stereocenters. The van der Waals surface area contributed by atoms with Gasteiger partial charge in [0.05, 0.1) is 13.2 Å². The van der Waals surface area contributed by atoms with E-state index >= 15 is 0 Å². The molecule has 4 nitrogen and oxygen atoms in total. The van der Waals surface area contributed by atoms with Crippen LogP contribution in [0, 0.1) is 17.8 Å². The van der Waals surface area contributed by atoms with Crippen molar-refractivity contribution in [3.05, 3.63) is 11.6 Å². The molecule has 3 heterocycles. The fourth-order valence-corrected chi connectivity index (χ4v) is 5.13. The van der Waals surface area contributed by atoms with Gasteiger partial charge in [-0.25, -0.2) is 4.98 Å². The zero-order chi connectivity index (χ0) is 14.1. The van der Waals surface area contributed by atoms with Gasteiger partial charge < -0.3 is 9.64 Å². The third-order valence-electron chi connectivity index (χ3n) is 5.53. The van der Waals surface area contributed by atoms with Crippen LogP contribution in [0.3, 0.4) is 0 Å². The maximum Gasteiger partial charge on any atom is 0.185 e. The minimum atomic E-state index is 0.880. The Bertz CT molecular complexity index is 446. The van der Waals surface area contributed by atoms with Crippen molar-refractivity contribution in [3.63, 3.8) is 0 Å². The molecule has 2 aliphatic heterocycles. The quantitative estimate of drug-likeness (QED) is 0.857. The number of fused-ring (bicyclic) bond motifs is 1. The molecule has 1 saturated carbocycles. The van der Waals surface area contributed by atoms with Gasteiger partial charge in [-0.1, -0.05) is 6.42 Å². The summed E-state index contributed by atoms with van der Waals surface area (Å²) in [7, 11) is 0. The highest BCUT2D eigenvalue weighted by molar-refractivity contribution is 7.13. The van der Waals surface area contributed by atoms with Crippen LogP contribution in [0.25, 0.3) is 0 Å². The van der Waals surface area contributed by atoms with Crippen molar-refractivity contribution in [3.8, 4) is 0 Å². The number of anilines is 1. The summed E-state index contributed by atoms with van der Waals surface area (Å²) in [6.45, 7) is 7.85. The topological polar surface area (TPSA) is 28.6 Å². The van der Waals surface area contributed by atoms with Crippen LogP contribution in [0.1, 0.15) is 19.3 Å². The molecule has 0 amide bonds. The normalized spacial score (nSPS) is 34.1. The van der Waals surface area contributed by atoms with E-state index in [1.54, 1.807) is 11.3 Å². The molecule has 1 aromatic heterocycles. The Morgan fingerprint density at radius 3 is 2.95 bits per heavy atom. The van der Waals surface area contributed by atoms with E-state index < -0.39 is 0 Å². The first-order valence-corrected chi connectivity index (χ1v) is 9.22. The van der Waals surface area contributed by atoms with Crippen LogP contribution in [0.15, 0.2) is 11.6 Å². The summed E-state index contributed by atoms with van der Waals surface area (Å²) in [6.07, 6.45) is 6.20. The van der Waals surface area contributed by atoms with Gasteiger partial charge in [-0.15, -0.1) is 11.3 Å². The molecule has 1 aromatic rings. The van der Waals surface area contributed by atoms with Crippen LogP contribution < -0.4 is 4.90 Å². The van der Waals surface area contributed by atoms with E-state index in [2.05, 4.69) is 20.2 Å². The van der Waals surface area contributed by atoms with Crippen LogP contribution in [-0.4, -0.2) is 55.8 Å². The number of ether oxygens (including phenoxy) is 1. The number of morpholine rings is 1. The minimum Gasteiger partial charge on any atom is -0.379 e. The smallest absolute Gasteiger partial charge is 0.185 e. The first kappa shape index (κ1) is 14.0. The number of hydrogen-bond donors (Lipinski definition) is 0. The average Bonchev–Trinajstić information content (AvgIpc) is 3.18. The number of aromatic nitrogens is 1. The van der Waals surface area contributed by atoms with Crippen molar-refractivity contribution >= 4 is 16.5 Å². The van der Waals surface area contributed by atoms with Crippen molar-refractivity contribution in [2.75, 3.05) is 50.8 Å².